The summed E-state index contributed by atoms with van der Waals surface area (Å²) in [4.78, 5) is 4.21. The Labute approximate surface area is 128 Å². The predicted octanol–water partition coefficient (Wildman–Crippen LogP) is 2.52. The molecule has 0 bridgehead atoms. The average Bonchev–Trinajstić information content (AvgIpc) is 3.04. The van der Waals surface area contributed by atoms with E-state index in [1.807, 2.05) is 16.9 Å². The third-order valence-electron chi connectivity index (χ3n) is 4.10. The SMILES string of the molecule is Cc1ccc([C@H]2C[C@H](c3cccnc3)Nc3nnnn32)cc1. The number of pyridine rings is 1. The first-order valence-corrected chi connectivity index (χ1v) is 7.32. The Bertz CT molecular complexity index is 765. The fourth-order valence-electron chi connectivity index (χ4n) is 2.90. The highest BCUT2D eigenvalue weighted by Gasteiger charge is 2.30. The van der Waals surface area contributed by atoms with E-state index in [1.165, 1.54) is 11.1 Å². The highest BCUT2D eigenvalue weighted by molar-refractivity contribution is 5.37. The summed E-state index contributed by atoms with van der Waals surface area (Å²) in [5.41, 5.74) is 3.61. The van der Waals surface area contributed by atoms with Gasteiger partial charge in [-0.1, -0.05) is 41.0 Å². The van der Waals surface area contributed by atoms with Crippen molar-refractivity contribution >= 4 is 5.95 Å². The smallest absolute Gasteiger partial charge is 0.243 e. The van der Waals surface area contributed by atoms with Crippen LogP contribution in [0.25, 0.3) is 0 Å². The quantitative estimate of drug-likeness (QED) is 0.786. The molecular formula is C16H16N6. The van der Waals surface area contributed by atoms with E-state index < -0.39 is 0 Å². The number of benzene rings is 1. The van der Waals surface area contributed by atoms with Crippen LogP contribution in [0.15, 0.2) is 48.8 Å². The van der Waals surface area contributed by atoms with Crippen molar-refractivity contribution in [3.63, 3.8) is 0 Å². The molecule has 4 rings (SSSR count). The highest BCUT2D eigenvalue weighted by Crippen LogP contribution is 2.36. The second kappa shape index (κ2) is 5.22. The van der Waals surface area contributed by atoms with Crippen molar-refractivity contribution in [3.05, 3.63) is 65.5 Å². The van der Waals surface area contributed by atoms with Gasteiger partial charge in [-0.15, -0.1) is 0 Å². The number of nitrogens with zero attached hydrogens (tertiary/aromatic N) is 5. The summed E-state index contributed by atoms with van der Waals surface area (Å²) < 4.78 is 1.86. The first-order chi connectivity index (χ1) is 10.8. The van der Waals surface area contributed by atoms with Crippen LogP contribution in [0.2, 0.25) is 0 Å². The maximum Gasteiger partial charge on any atom is 0.243 e. The molecule has 6 nitrogen and oxygen atoms in total. The van der Waals surface area contributed by atoms with Gasteiger partial charge in [0.05, 0.1) is 12.1 Å². The summed E-state index contributed by atoms with van der Waals surface area (Å²) >= 11 is 0. The lowest BCUT2D eigenvalue weighted by Crippen LogP contribution is -2.28. The number of tetrazole rings is 1. The molecule has 0 saturated heterocycles. The second-order valence-electron chi connectivity index (χ2n) is 5.59. The number of aromatic nitrogens is 5. The number of nitrogens with one attached hydrogen (secondary N) is 1. The van der Waals surface area contributed by atoms with Gasteiger partial charge < -0.3 is 5.32 Å². The summed E-state index contributed by atoms with van der Waals surface area (Å²) in [7, 11) is 0. The van der Waals surface area contributed by atoms with E-state index in [0.29, 0.717) is 5.95 Å². The van der Waals surface area contributed by atoms with Crippen molar-refractivity contribution in [1.29, 1.82) is 0 Å². The first-order valence-electron chi connectivity index (χ1n) is 7.32. The Hall–Kier alpha value is -2.76. The van der Waals surface area contributed by atoms with Gasteiger partial charge in [-0.3, -0.25) is 4.98 Å². The zero-order chi connectivity index (χ0) is 14.9. The number of anilines is 1. The van der Waals surface area contributed by atoms with Crippen molar-refractivity contribution in [1.82, 2.24) is 25.2 Å². The Balaban J connectivity index is 1.73. The van der Waals surface area contributed by atoms with Gasteiger partial charge in [0, 0.05) is 12.4 Å². The summed E-state index contributed by atoms with van der Waals surface area (Å²) in [5, 5.41) is 15.4. The normalized spacial score (nSPS) is 20.2. The van der Waals surface area contributed by atoms with Gasteiger partial charge in [0.1, 0.15) is 0 Å². The van der Waals surface area contributed by atoms with Crippen LogP contribution in [-0.2, 0) is 0 Å². The molecule has 6 heteroatoms. The van der Waals surface area contributed by atoms with Gasteiger partial charge in [-0.05, 0) is 41.0 Å². The summed E-state index contributed by atoms with van der Waals surface area (Å²) in [6, 6.07) is 12.9. The lowest BCUT2D eigenvalue weighted by molar-refractivity contribution is 0.423. The molecule has 0 radical (unpaired) electrons. The summed E-state index contributed by atoms with van der Waals surface area (Å²) in [6.45, 7) is 2.09. The molecule has 1 aliphatic heterocycles. The molecule has 0 saturated carbocycles. The van der Waals surface area contributed by atoms with Gasteiger partial charge >= 0.3 is 0 Å². The molecule has 0 spiro atoms. The number of fused-ring (bicyclic) bond motifs is 1. The zero-order valence-corrected chi connectivity index (χ0v) is 12.2. The van der Waals surface area contributed by atoms with Gasteiger partial charge in [0.25, 0.3) is 0 Å². The lowest BCUT2D eigenvalue weighted by Gasteiger charge is -2.30. The van der Waals surface area contributed by atoms with E-state index in [-0.39, 0.29) is 12.1 Å². The van der Waals surface area contributed by atoms with Gasteiger partial charge in [0.2, 0.25) is 5.95 Å². The average molecular weight is 292 g/mol. The molecule has 110 valence electrons. The van der Waals surface area contributed by atoms with Crippen LogP contribution in [0, 0.1) is 6.92 Å². The molecular weight excluding hydrogens is 276 g/mol. The third-order valence-corrected chi connectivity index (χ3v) is 4.10. The highest BCUT2D eigenvalue weighted by atomic mass is 15.6. The van der Waals surface area contributed by atoms with Gasteiger partial charge in [-0.25, -0.2) is 4.68 Å². The van der Waals surface area contributed by atoms with Crippen molar-refractivity contribution in [2.24, 2.45) is 0 Å². The van der Waals surface area contributed by atoms with Crippen LogP contribution in [0.3, 0.4) is 0 Å². The van der Waals surface area contributed by atoms with Gasteiger partial charge in [0.15, 0.2) is 0 Å². The third kappa shape index (κ3) is 2.22. The minimum absolute atomic E-state index is 0.122. The largest absolute Gasteiger partial charge is 0.346 e. The molecule has 3 heterocycles. The predicted molar refractivity (Wildman–Crippen MR) is 82.4 cm³/mol. The molecule has 1 aliphatic rings. The van der Waals surface area contributed by atoms with E-state index in [9.17, 15) is 0 Å². The Morgan fingerprint density at radius 1 is 1.14 bits per heavy atom. The van der Waals surface area contributed by atoms with Crippen LogP contribution >= 0.6 is 0 Å². The molecule has 0 amide bonds. The standard InChI is InChI=1S/C16H16N6/c1-11-4-6-12(7-5-11)15-9-14(13-3-2-8-17-10-13)18-16-19-20-21-22(15)16/h2-8,10,14-15H,9H2,1H3,(H,18,19,21)/t14-,15-/m1/s1. The van der Waals surface area contributed by atoms with E-state index in [0.717, 1.165) is 12.0 Å². The van der Waals surface area contributed by atoms with Crippen molar-refractivity contribution in [3.8, 4) is 0 Å². The van der Waals surface area contributed by atoms with Crippen molar-refractivity contribution < 1.29 is 0 Å². The minimum atomic E-state index is 0.122. The van der Waals surface area contributed by atoms with Crippen LogP contribution in [0.5, 0.6) is 0 Å². The van der Waals surface area contributed by atoms with E-state index >= 15 is 0 Å². The number of aryl methyl sites for hydroxylation is 1. The van der Waals surface area contributed by atoms with Gasteiger partial charge in [-0.2, -0.15) is 0 Å². The Morgan fingerprint density at radius 3 is 2.77 bits per heavy atom. The molecule has 2 atom stereocenters. The van der Waals surface area contributed by atoms with Crippen molar-refractivity contribution in [2.45, 2.75) is 25.4 Å². The molecule has 1 N–H and O–H groups in total. The van der Waals surface area contributed by atoms with Crippen LogP contribution in [0.1, 0.15) is 35.2 Å². The minimum Gasteiger partial charge on any atom is -0.346 e. The first kappa shape index (κ1) is 12.9. The maximum absolute atomic E-state index is 4.21. The van der Waals surface area contributed by atoms with E-state index in [1.54, 1.807) is 6.20 Å². The fourth-order valence-corrected chi connectivity index (χ4v) is 2.90. The van der Waals surface area contributed by atoms with E-state index in [4.69, 9.17) is 0 Å². The summed E-state index contributed by atoms with van der Waals surface area (Å²) in [5.74, 6) is 0.700. The zero-order valence-electron chi connectivity index (χ0n) is 12.2. The Kier molecular flexibility index (Phi) is 3.07. The number of hydrogen-bond donors (Lipinski definition) is 1. The van der Waals surface area contributed by atoms with E-state index in [2.05, 4.69) is 63.1 Å². The van der Waals surface area contributed by atoms with Crippen LogP contribution in [0.4, 0.5) is 5.95 Å². The second-order valence-corrected chi connectivity index (χ2v) is 5.59. The summed E-state index contributed by atoms with van der Waals surface area (Å²) in [6.07, 6.45) is 4.56. The van der Waals surface area contributed by atoms with Crippen LogP contribution in [-0.4, -0.2) is 25.2 Å². The Morgan fingerprint density at radius 2 is 2.00 bits per heavy atom. The molecule has 22 heavy (non-hydrogen) atoms. The molecule has 0 fully saturated rings. The molecule has 0 aliphatic carbocycles. The molecule has 1 aromatic carbocycles. The molecule has 3 aromatic rings. The number of rotatable bonds is 2. The maximum atomic E-state index is 4.21. The topological polar surface area (TPSA) is 68.5 Å². The van der Waals surface area contributed by atoms with Crippen LogP contribution < -0.4 is 5.32 Å². The molecule has 0 unspecified atom stereocenters. The van der Waals surface area contributed by atoms with Crippen molar-refractivity contribution in [2.75, 3.05) is 5.32 Å². The molecule has 2 aromatic heterocycles. The number of hydrogen-bond acceptors (Lipinski definition) is 5. The lowest BCUT2D eigenvalue weighted by atomic mass is 9.94. The monoisotopic (exact) mass is 292 g/mol. The fraction of sp³-hybridized carbons (Fsp3) is 0.250.